The number of carbonyl (C=O) groups is 1. The number of ether oxygens (including phenoxy) is 1. The van der Waals surface area contributed by atoms with Crippen LogP contribution < -0.4 is 4.74 Å². The van der Waals surface area contributed by atoms with Gasteiger partial charge in [0.25, 0.3) is 0 Å². The van der Waals surface area contributed by atoms with E-state index >= 15 is 0 Å². The molecule has 1 aromatic heterocycles. The average Bonchev–Trinajstić information content (AvgIpc) is 2.82. The van der Waals surface area contributed by atoms with Crippen LogP contribution in [-0.2, 0) is 11.2 Å². The van der Waals surface area contributed by atoms with Gasteiger partial charge in [-0.25, -0.2) is 4.98 Å². The van der Waals surface area contributed by atoms with Crippen LogP contribution >= 0.6 is 0 Å². The molecule has 5 heteroatoms. The highest BCUT2D eigenvalue weighted by Gasteiger charge is 2.09. The zero-order valence-corrected chi connectivity index (χ0v) is 11.0. The van der Waals surface area contributed by atoms with Crippen LogP contribution in [0, 0.1) is 6.92 Å². The first-order valence-corrected chi connectivity index (χ1v) is 6.01. The fourth-order valence-corrected chi connectivity index (χ4v) is 1.96. The molecule has 0 spiro atoms. The van der Waals surface area contributed by atoms with Gasteiger partial charge in [-0.3, -0.25) is 4.79 Å². The molecule has 1 heterocycles. The number of benzene rings is 1. The van der Waals surface area contributed by atoms with E-state index in [2.05, 4.69) is 4.98 Å². The minimum atomic E-state index is -0.795. The number of methoxy groups -OCH3 is 1. The molecule has 0 bridgehead atoms. The standard InChI is InChI=1S/C14H16N2O3/c1-10-15-7-8-16(10)12-9-11(4-6-14(17)18)3-5-13(12)19-2/h3,5,7-9H,4,6H2,1-2H3,(H,17,18). The molecule has 0 aliphatic rings. The number of hydrogen-bond acceptors (Lipinski definition) is 3. The largest absolute Gasteiger partial charge is 0.495 e. The second kappa shape index (κ2) is 5.56. The third-order valence-corrected chi connectivity index (χ3v) is 2.96. The molecule has 100 valence electrons. The fraction of sp³-hybridized carbons (Fsp3) is 0.286. The van der Waals surface area contributed by atoms with Crippen molar-refractivity contribution < 1.29 is 14.6 Å². The summed E-state index contributed by atoms with van der Waals surface area (Å²) in [6.45, 7) is 1.91. The number of rotatable bonds is 5. The van der Waals surface area contributed by atoms with E-state index in [-0.39, 0.29) is 6.42 Å². The van der Waals surface area contributed by atoms with Crippen LogP contribution in [0.2, 0.25) is 0 Å². The van der Waals surface area contributed by atoms with Gasteiger partial charge in [0.05, 0.1) is 12.8 Å². The van der Waals surface area contributed by atoms with E-state index in [1.807, 2.05) is 35.9 Å². The number of hydrogen-bond donors (Lipinski definition) is 1. The minimum Gasteiger partial charge on any atom is -0.495 e. The van der Waals surface area contributed by atoms with Gasteiger partial charge in [0, 0.05) is 18.8 Å². The lowest BCUT2D eigenvalue weighted by atomic mass is 10.1. The topological polar surface area (TPSA) is 64.3 Å². The van der Waals surface area contributed by atoms with Gasteiger partial charge in [-0.05, 0) is 31.0 Å². The van der Waals surface area contributed by atoms with E-state index in [4.69, 9.17) is 9.84 Å². The van der Waals surface area contributed by atoms with Crippen molar-refractivity contribution in [1.29, 1.82) is 0 Å². The van der Waals surface area contributed by atoms with Crippen LogP contribution in [0.25, 0.3) is 5.69 Å². The normalized spacial score (nSPS) is 10.4. The zero-order chi connectivity index (χ0) is 13.8. The molecule has 0 saturated carbocycles. The molecule has 0 amide bonds. The van der Waals surface area contributed by atoms with Gasteiger partial charge in [0.2, 0.25) is 0 Å². The Hall–Kier alpha value is -2.30. The smallest absolute Gasteiger partial charge is 0.303 e. The highest BCUT2D eigenvalue weighted by molar-refractivity contribution is 5.67. The number of aromatic nitrogens is 2. The molecule has 0 aliphatic heterocycles. The Morgan fingerprint density at radius 1 is 1.47 bits per heavy atom. The van der Waals surface area contributed by atoms with Gasteiger partial charge in [-0.1, -0.05) is 6.07 Å². The van der Waals surface area contributed by atoms with Gasteiger partial charge in [0.1, 0.15) is 11.6 Å². The van der Waals surface area contributed by atoms with Crippen LogP contribution in [0.4, 0.5) is 0 Å². The lowest BCUT2D eigenvalue weighted by Gasteiger charge is -2.12. The summed E-state index contributed by atoms with van der Waals surface area (Å²) in [4.78, 5) is 14.8. The summed E-state index contributed by atoms with van der Waals surface area (Å²) in [5.41, 5.74) is 1.84. The Bertz CT molecular complexity index is 590. The van der Waals surface area contributed by atoms with Gasteiger partial charge in [0.15, 0.2) is 0 Å². The van der Waals surface area contributed by atoms with Crippen molar-refractivity contribution in [3.05, 3.63) is 42.0 Å². The maximum atomic E-state index is 10.6. The summed E-state index contributed by atoms with van der Waals surface area (Å²) < 4.78 is 7.26. The summed E-state index contributed by atoms with van der Waals surface area (Å²) in [7, 11) is 1.61. The molecule has 0 radical (unpaired) electrons. The molecule has 0 saturated heterocycles. The highest BCUT2D eigenvalue weighted by Crippen LogP contribution is 2.25. The zero-order valence-electron chi connectivity index (χ0n) is 11.0. The molecule has 1 aromatic carbocycles. The van der Waals surface area contributed by atoms with E-state index < -0.39 is 5.97 Å². The summed E-state index contributed by atoms with van der Waals surface area (Å²) in [6, 6.07) is 5.68. The molecule has 0 fully saturated rings. The van der Waals surface area contributed by atoms with E-state index in [9.17, 15) is 4.79 Å². The van der Waals surface area contributed by atoms with Crippen molar-refractivity contribution >= 4 is 5.97 Å². The molecular weight excluding hydrogens is 244 g/mol. The van der Waals surface area contributed by atoms with Crippen LogP contribution in [0.3, 0.4) is 0 Å². The number of aliphatic carboxylic acids is 1. The Morgan fingerprint density at radius 3 is 2.84 bits per heavy atom. The predicted molar refractivity (Wildman–Crippen MR) is 70.8 cm³/mol. The number of nitrogens with zero attached hydrogens (tertiary/aromatic N) is 2. The lowest BCUT2D eigenvalue weighted by Crippen LogP contribution is -2.02. The molecule has 2 aromatic rings. The third kappa shape index (κ3) is 2.93. The van der Waals surface area contributed by atoms with E-state index in [1.165, 1.54) is 0 Å². The molecule has 2 rings (SSSR count). The van der Waals surface area contributed by atoms with Gasteiger partial charge in [-0.15, -0.1) is 0 Å². The first-order valence-electron chi connectivity index (χ1n) is 6.01. The van der Waals surface area contributed by atoms with Crippen LogP contribution in [0.5, 0.6) is 5.75 Å². The Kier molecular flexibility index (Phi) is 3.85. The van der Waals surface area contributed by atoms with Gasteiger partial charge < -0.3 is 14.4 Å². The van der Waals surface area contributed by atoms with E-state index in [0.29, 0.717) is 6.42 Å². The molecule has 0 atom stereocenters. The van der Waals surface area contributed by atoms with Crippen molar-refractivity contribution in [2.75, 3.05) is 7.11 Å². The number of aryl methyl sites for hydroxylation is 2. The first-order chi connectivity index (χ1) is 9.11. The summed E-state index contributed by atoms with van der Waals surface area (Å²) in [5.74, 6) is 0.796. The number of carboxylic acids is 1. The highest BCUT2D eigenvalue weighted by atomic mass is 16.5. The van der Waals surface area contributed by atoms with Crippen LogP contribution in [0.1, 0.15) is 17.8 Å². The monoisotopic (exact) mass is 260 g/mol. The quantitative estimate of drug-likeness (QED) is 0.895. The molecule has 19 heavy (non-hydrogen) atoms. The molecular formula is C14H16N2O3. The van der Waals surface area contributed by atoms with Crippen molar-refractivity contribution in [3.63, 3.8) is 0 Å². The second-order valence-corrected chi connectivity index (χ2v) is 4.24. The molecule has 5 nitrogen and oxygen atoms in total. The van der Waals surface area contributed by atoms with Gasteiger partial charge >= 0.3 is 5.97 Å². The van der Waals surface area contributed by atoms with Gasteiger partial charge in [-0.2, -0.15) is 0 Å². The van der Waals surface area contributed by atoms with Crippen LogP contribution in [0.15, 0.2) is 30.6 Å². The minimum absolute atomic E-state index is 0.120. The summed E-state index contributed by atoms with van der Waals surface area (Å²) in [6.07, 6.45) is 4.20. The van der Waals surface area contributed by atoms with E-state index in [0.717, 1.165) is 22.8 Å². The maximum absolute atomic E-state index is 10.6. The molecule has 1 N–H and O–H groups in total. The van der Waals surface area contributed by atoms with E-state index in [1.54, 1.807) is 13.3 Å². The summed E-state index contributed by atoms with van der Waals surface area (Å²) >= 11 is 0. The average molecular weight is 260 g/mol. The molecule has 0 unspecified atom stereocenters. The predicted octanol–water partition coefficient (Wildman–Crippen LogP) is 2.21. The lowest BCUT2D eigenvalue weighted by molar-refractivity contribution is -0.136. The first kappa shape index (κ1) is 13.1. The van der Waals surface area contributed by atoms with Crippen molar-refractivity contribution in [3.8, 4) is 11.4 Å². The van der Waals surface area contributed by atoms with Crippen molar-refractivity contribution in [2.24, 2.45) is 0 Å². The number of imidazole rings is 1. The fourth-order valence-electron chi connectivity index (χ4n) is 1.96. The van der Waals surface area contributed by atoms with Crippen molar-refractivity contribution in [2.45, 2.75) is 19.8 Å². The second-order valence-electron chi connectivity index (χ2n) is 4.24. The Balaban J connectivity index is 2.37. The van der Waals surface area contributed by atoms with Crippen molar-refractivity contribution in [1.82, 2.24) is 9.55 Å². The maximum Gasteiger partial charge on any atom is 0.303 e. The Morgan fingerprint density at radius 2 is 2.26 bits per heavy atom. The number of carboxylic acid groups (broad SMARTS) is 1. The third-order valence-electron chi connectivity index (χ3n) is 2.96. The Labute approximate surface area is 111 Å². The van der Waals surface area contributed by atoms with Crippen LogP contribution in [-0.4, -0.2) is 27.7 Å². The molecule has 0 aliphatic carbocycles. The SMILES string of the molecule is COc1ccc(CCC(=O)O)cc1-n1ccnc1C. The summed E-state index contributed by atoms with van der Waals surface area (Å²) in [5, 5.41) is 8.73.